The molecule has 10 heteroatoms. The van der Waals surface area contributed by atoms with Crippen LogP contribution in [0.1, 0.15) is 25.3 Å². The number of benzene rings is 1. The molecule has 0 saturated carbocycles. The van der Waals surface area contributed by atoms with Crippen molar-refractivity contribution in [2.45, 2.75) is 19.8 Å². The van der Waals surface area contributed by atoms with E-state index < -0.39 is 28.7 Å². The zero-order valence-electron chi connectivity index (χ0n) is 19.4. The Kier molecular flexibility index (Phi) is 7.93. The Balaban J connectivity index is 1.88. The van der Waals surface area contributed by atoms with Gasteiger partial charge >= 0.3 is 11.9 Å². The predicted molar refractivity (Wildman–Crippen MR) is 122 cm³/mol. The van der Waals surface area contributed by atoms with E-state index in [4.69, 9.17) is 9.47 Å². The van der Waals surface area contributed by atoms with Crippen LogP contribution in [0, 0.1) is 16.0 Å². The van der Waals surface area contributed by atoms with Crippen molar-refractivity contribution < 1.29 is 24.0 Å². The minimum atomic E-state index is -0.888. The number of nitro benzene ring substituents is 1. The molecule has 1 aromatic carbocycles. The Hall–Kier alpha value is -3.11. The molecule has 2 atom stereocenters. The lowest BCUT2D eigenvalue weighted by Gasteiger charge is -2.33. The van der Waals surface area contributed by atoms with Crippen LogP contribution in [0.2, 0.25) is 0 Å². The lowest BCUT2D eigenvalue weighted by Crippen LogP contribution is -2.45. The highest BCUT2D eigenvalue weighted by molar-refractivity contribution is 6.07. The summed E-state index contributed by atoms with van der Waals surface area (Å²) in [6.07, 6.45) is 0. The van der Waals surface area contributed by atoms with Crippen molar-refractivity contribution >= 4 is 23.3 Å². The lowest BCUT2D eigenvalue weighted by atomic mass is 9.75. The van der Waals surface area contributed by atoms with Crippen LogP contribution in [0.4, 0.5) is 5.69 Å². The fourth-order valence-electron chi connectivity index (χ4n) is 4.34. The summed E-state index contributed by atoms with van der Waals surface area (Å²) < 4.78 is 10.6. The van der Waals surface area contributed by atoms with E-state index >= 15 is 0 Å². The molecule has 0 amide bonds. The van der Waals surface area contributed by atoms with Crippen molar-refractivity contribution in [3.05, 3.63) is 51.2 Å². The van der Waals surface area contributed by atoms with Gasteiger partial charge in [0, 0.05) is 62.2 Å². The minimum Gasteiger partial charge on any atom is -0.468 e. The number of nitro groups is 1. The summed E-state index contributed by atoms with van der Waals surface area (Å²) in [6.45, 7) is 7.90. The molecule has 3 rings (SSSR count). The summed E-state index contributed by atoms with van der Waals surface area (Å²) >= 11 is 0. The second kappa shape index (κ2) is 10.7. The number of likely N-dealkylation sites (N-methyl/N-ethyl adjacent to an activating group) is 1. The third kappa shape index (κ3) is 5.63. The average molecular weight is 459 g/mol. The molecular formula is C23H30N4O6. The van der Waals surface area contributed by atoms with Crippen molar-refractivity contribution in [3.63, 3.8) is 0 Å². The molecule has 2 aliphatic heterocycles. The summed E-state index contributed by atoms with van der Waals surface area (Å²) in [5.41, 5.74) is 1.45. The topological polar surface area (TPSA) is 115 Å². The van der Waals surface area contributed by atoms with Crippen LogP contribution in [0.5, 0.6) is 0 Å². The van der Waals surface area contributed by atoms with Crippen LogP contribution in [-0.2, 0) is 19.1 Å². The van der Waals surface area contributed by atoms with Gasteiger partial charge in [-0.2, -0.15) is 0 Å². The van der Waals surface area contributed by atoms with Gasteiger partial charge in [0.15, 0.2) is 0 Å². The van der Waals surface area contributed by atoms with Crippen LogP contribution in [-0.4, -0.2) is 85.9 Å². The Bertz CT molecular complexity index is 981. The minimum absolute atomic E-state index is 0.128. The molecule has 0 bridgehead atoms. The maximum Gasteiger partial charge on any atom is 0.336 e. The fraction of sp³-hybridized carbons (Fsp3) is 0.522. The third-order valence-corrected chi connectivity index (χ3v) is 6.18. The molecule has 1 unspecified atom stereocenters. The highest BCUT2D eigenvalue weighted by atomic mass is 16.6. The van der Waals surface area contributed by atoms with Crippen molar-refractivity contribution in [1.29, 1.82) is 0 Å². The van der Waals surface area contributed by atoms with E-state index in [0.717, 1.165) is 26.2 Å². The number of nitrogens with zero attached hydrogens (tertiary/aromatic N) is 4. The summed E-state index contributed by atoms with van der Waals surface area (Å²) in [5.74, 6) is -2.84. The standard InChI is InChI=1S/C23H30N4O6/c1-15-19(22(28)32-4)21(17-6-5-7-18(14-17)27(30)31)20(16(2)24-15)23(29)33-13-12-26-10-8-25(3)9-11-26/h5-7,14,19,21H,8-13H2,1-4H3/t19?,21-/m0/s1. The number of aliphatic imine (C=N–C) groups is 1. The van der Waals surface area contributed by atoms with Gasteiger partial charge in [0.25, 0.3) is 5.69 Å². The number of hydrogen-bond donors (Lipinski definition) is 0. The van der Waals surface area contributed by atoms with Crippen molar-refractivity contribution in [2.24, 2.45) is 10.9 Å². The van der Waals surface area contributed by atoms with Crippen molar-refractivity contribution in [2.75, 3.05) is 53.5 Å². The highest BCUT2D eigenvalue weighted by Crippen LogP contribution is 2.40. The SMILES string of the molecule is COC(=O)C1C(C)=NC(C)=C(C(=O)OCCN2CCN(C)CC2)[C@H]1c1cccc([N+](=O)[O-])c1. The number of hydrogen-bond acceptors (Lipinski definition) is 9. The lowest BCUT2D eigenvalue weighted by molar-refractivity contribution is -0.384. The average Bonchev–Trinajstić information content (AvgIpc) is 2.79. The first-order valence-electron chi connectivity index (χ1n) is 10.9. The zero-order valence-corrected chi connectivity index (χ0v) is 19.4. The van der Waals surface area contributed by atoms with E-state index in [1.54, 1.807) is 19.9 Å². The number of carbonyl (C=O) groups is 2. The molecule has 2 heterocycles. The fourth-order valence-corrected chi connectivity index (χ4v) is 4.34. The van der Waals surface area contributed by atoms with Gasteiger partial charge in [0.05, 0.1) is 17.6 Å². The van der Waals surface area contributed by atoms with E-state index in [1.807, 2.05) is 0 Å². The van der Waals surface area contributed by atoms with E-state index in [0.29, 0.717) is 23.5 Å². The number of ether oxygens (including phenoxy) is 2. The third-order valence-electron chi connectivity index (χ3n) is 6.18. The van der Waals surface area contributed by atoms with Gasteiger partial charge in [-0.25, -0.2) is 4.79 Å². The summed E-state index contributed by atoms with van der Waals surface area (Å²) in [7, 11) is 3.34. The van der Waals surface area contributed by atoms with Crippen LogP contribution in [0.3, 0.4) is 0 Å². The number of esters is 2. The highest BCUT2D eigenvalue weighted by Gasteiger charge is 2.42. The van der Waals surface area contributed by atoms with E-state index in [1.165, 1.54) is 25.3 Å². The van der Waals surface area contributed by atoms with Gasteiger partial charge in [0.1, 0.15) is 12.5 Å². The molecule has 1 fully saturated rings. The second-order valence-electron chi connectivity index (χ2n) is 8.36. The number of carbonyl (C=O) groups excluding carboxylic acids is 2. The van der Waals surface area contributed by atoms with Gasteiger partial charge in [0.2, 0.25) is 0 Å². The van der Waals surface area contributed by atoms with Gasteiger partial charge in [-0.3, -0.25) is 24.8 Å². The molecule has 0 N–H and O–H groups in total. The molecule has 0 radical (unpaired) electrons. The molecule has 2 aliphatic rings. The van der Waals surface area contributed by atoms with Crippen LogP contribution in [0.15, 0.2) is 40.5 Å². The van der Waals surface area contributed by atoms with Crippen LogP contribution >= 0.6 is 0 Å². The molecule has 1 saturated heterocycles. The molecule has 33 heavy (non-hydrogen) atoms. The molecule has 0 spiro atoms. The summed E-state index contributed by atoms with van der Waals surface area (Å²) in [6, 6.07) is 5.95. The number of allylic oxidation sites excluding steroid dienone is 1. The summed E-state index contributed by atoms with van der Waals surface area (Å²) in [4.78, 5) is 45.6. The van der Waals surface area contributed by atoms with Crippen LogP contribution in [0.25, 0.3) is 0 Å². The predicted octanol–water partition coefficient (Wildman–Crippen LogP) is 2.01. The molecule has 0 aromatic heterocycles. The number of rotatable bonds is 7. The van der Waals surface area contributed by atoms with Crippen molar-refractivity contribution in [1.82, 2.24) is 9.80 Å². The largest absolute Gasteiger partial charge is 0.468 e. The van der Waals surface area contributed by atoms with E-state index in [9.17, 15) is 19.7 Å². The van der Waals surface area contributed by atoms with Crippen molar-refractivity contribution in [3.8, 4) is 0 Å². The van der Waals surface area contributed by atoms with Gasteiger partial charge in [-0.05, 0) is 26.5 Å². The number of methoxy groups -OCH3 is 1. The maximum atomic E-state index is 13.2. The maximum absolute atomic E-state index is 13.2. The summed E-state index contributed by atoms with van der Waals surface area (Å²) in [5, 5.41) is 11.3. The normalized spacial score (nSPS) is 22.0. The number of non-ortho nitro benzene ring substituents is 1. The second-order valence-corrected chi connectivity index (χ2v) is 8.36. The molecular weight excluding hydrogens is 428 g/mol. The quantitative estimate of drug-likeness (QED) is 0.346. The first-order valence-corrected chi connectivity index (χ1v) is 10.9. The van der Waals surface area contributed by atoms with Gasteiger partial charge in [-0.15, -0.1) is 0 Å². The Morgan fingerprint density at radius 1 is 1.21 bits per heavy atom. The monoisotopic (exact) mass is 458 g/mol. The first-order chi connectivity index (χ1) is 15.7. The molecule has 1 aromatic rings. The number of piperazine rings is 1. The smallest absolute Gasteiger partial charge is 0.336 e. The Labute approximate surface area is 193 Å². The molecule has 178 valence electrons. The van der Waals surface area contributed by atoms with Gasteiger partial charge < -0.3 is 14.4 Å². The zero-order chi connectivity index (χ0) is 24.1. The molecule has 0 aliphatic carbocycles. The van der Waals surface area contributed by atoms with E-state index in [-0.39, 0.29) is 17.9 Å². The first kappa shape index (κ1) is 24.5. The Morgan fingerprint density at radius 2 is 1.91 bits per heavy atom. The molecule has 10 nitrogen and oxygen atoms in total. The van der Waals surface area contributed by atoms with Gasteiger partial charge in [-0.1, -0.05) is 12.1 Å². The Morgan fingerprint density at radius 3 is 2.55 bits per heavy atom. The van der Waals surface area contributed by atoms with Crippen LogP contribution < -0.4 is 0 Å². The van der Waals surface area contributed by atoms with E-state index in [2.05, 4.69) is 21.8 Å².